The first kappa shape index (κ1) is 17.4. The van der Waals surface area contributed by atoms with E-state index in [-0.39, 0.29) is 11.1 Å². The van der Waals surface area contributed by atoms with Gasteiger partial charge in [0.25, 0.3) is 0 Å². The highest BCUT2D eigenvalue weighted by molar-refractivity contribution is 5.35. The van der Waals surface area contributed by atoms with Crippen LogP contribution in [0.3, 0.4) is 0 Å². The minimum absolute atomic E-state index is 0.178. The van der Waals surface area contributed by atoms with E-state index in [0.717, 1.165) is 18.4 Å². The van der Waals surface area contributed by atoms with Crippen molar-refractivity contribution in [3.8, 4) is 0 Å². The topological polar surface area (TPSA) is 0 Å². The van der Waals surface area contributed by atoms with Crippen LogP contribution in [0.1, 0.15) is 44.2 Å². The number of allylic oxidation sites excluding steroid dienone is 4. The molecule has 0 saturated heterocycles. The summed E-state index contributed by atoms with van der Waals surface area (Å²) in [4.78, 5) is 0. The number of rotatable bonds is 8. The zero-order valence-corrected chi connectivity index (χ0v) is 13.0. The molecule has 0 aliphatic carbocycles. The van der Waals surface area contributed by atoms with Crippen molar-refractivity contribution in [3.63, 3.8) is 0 Å². The second kappa shape index (κ2) is 8.56. The van der Waals surface area contributed by atoms with Crippen LogP contribution in [0, 0.1) is 0 Å². The molecule has 114 valence electrons. The molecule has 0 unspecified atom stereocenters. The van der Waals surface area contributed by atoms with Crippen molar-refractivity contribution >= 4 is 0 Å². The fourth-order valence-electron chi connectivity index (χ4n) is 2.03. The van der Waals surface area contributed by atoms with E-state index in [2.05, 4.69) is 32.2 Å². The van der Waals surface area contributed by atoms with Crippen molar-refractivity contribution in [1.82, 2.24) is 0 Å². The number of halogens is 2. The first-order valence-electron chi connectivity index (χ1n) is 7.48. The van der Waals surface area contributed by atoms with Gasteiger partial charge in [-0.2, -0.15) is 0 Å². The third-order valence-electron chi connectivity index (χ3n) is 3.52. The summed E-state index contributed by atoms with van der Waals surface area (Å²) in [6, 6.07) is 8.27. The number of benzene rings is 1. The highest BCUT2D eigenvalue weighted by Gasteiger charge is 2.12. The van der Waals surface area contributed by atoms with E-state index in [1.54, 1.807) is 6.92 Å². The van der Waals surface area contributed by atoms with E-state index >= 15 is 0 Å². The van der Waals surface area contributed by atoms with Crippen LogP contribution in [0.4, 0.5) is 8.78 Å². The van der Waals surface area contributed by atoms with Gasteiger partial charge in [0.15, 0.2) is 11.7 Å². The Kier molecular flexibility index (Phi) is 7.07. The van der Waals surface area contributed by atoms with E-state index < -0.39 is 11.7 Å². The van der Waals surface area contributed by atoms with Crippen molar-refractivity contribution < 1.29 is 8.78 Å². The molecule has 2 heteroatoms. The Morgan fingerprint density at radius 2 is 1.33 bits per heavy atom. The molecule has 0 atom stereocenters. The molecular formula is C19H24F2. The van der Waals surface area contributed by atoms with Crippen molar-refractivity contribution in [2.24, 2.45) is 0 Å². The molecule has 0 aliphatic rings. The number of hydrogen-bond acceptors (Lipinski definition) is 0. The van der Waals surface area contributed by atoms with E-state index in [1.165, 1.54) is 5.56 Å². The summed E-state index contributed by atoms with van der Waals surface area (Å²) in [6.07, 6.45) is 3.64. The monoisotopic (exact) mass is 290 g/mol. The Morgan fingerprint density at radius 1 is 0.857 bits per heavy atom. The molecule has 0 saturated carbocycles. The van der Waals surface area contributed by atoms with Gasteiger partial charge in [-0.05, 0) is 48.0 Å². The normalized spacial score (nSPS) is 12.0. The molecule has 0 heterocycles. The Labute approximate surface area is 126 Å². The van der Waals surface area contributed by atoms with Gasteiger partial charge in [-0.25, -0.2) is 8.78 Å². The zero-order chi connectivity index (χ0) is 15.8. The summed E-state index contributed by atoms with van der Waals surface area (Å²) in [6.45, 7) is 11.0. The van der Waals surface area contributed by atoms with Gasteiger partial charge in [0.2, 0.25) is 0 Å². The predicted octanol–water partition coefficient (Wildman–Crippen LogP) is 6.24. The Hall–Kier alpha value is -1.70. The summed E-state index contributed by atoms with van der Waals surface area (Å²) < 4.78 is 27.5. The summed E-state index contributed by atoms with van der Waals surface area (Å²) in [7, 11) is 0. The first-order chi connectivity index (χ1) is 9.99. The number of hydrogen-bond donors (Lipinski definition) is 0. The maximum absolute atomic E-state index is 13.8. The van der Waals surface area contributed by atoms with E-state index in [4.69, 9.17) is 0 Å². The molecule has 1 aromatic carbocycles. The van der Waals surface area contributed by atoms with Crippen molar-refractivity contribution in [1.29, 1.82) is 0 Å². The molecule has 21 heavy (non-hydrogen) atoms. The highest BCUT2D eigenvalue weighted by Crippen LogP contribution is 2.26. The van der Waals surface area contributed by atoms with Crippen LogP contribution in [0.25, 0.3) is 0 Å². The molecule has 0 bridgehead atoms. The third-order valence-corrected chi connectivity index (χ3v) is 3.52. The standard InChI is InChI=1S/C19H24F2/c1-5-7-16-10-12-17(13-11-16)9-8-15(4)19(21)18(20)14(3)6-2/h10-13H,3-9H2,1-2H3/b19-18-. The second-order valence-electron chi connectivity index (χ2n) is 5.26. The molecule has 0 spiro atoms. The Bertz CT molecular complexity index is 521. The molecule has 0 aliphatic heterocycles. The molecule has 0 nitrogen and oxygen atoms in total. The van der Waals surface area contributed by atoms with Crippen LogP contribution in [0.5, 0.6) is 0 Å². The number of aryl methyl sites for hydroxylation is 2. The summed E-state index contributed by atoms with van der Waals surface area (Å²) in [5, 5.41) is 0. The van der Waals surface area contributed by atoms with Gasteiger partial charge >= 0.3 is 0 Å². The van der Waals surface area contributed by atoms with Gasteiger partial charge in [0.1, 0.15) is 0 Å². The average molecular weight is 290 g/mol. The minimum atomic E-state index is -0.860. The molecule has 0 radical (unpaired) electrons. The van der Waals surface area contributed by atoms with Gasteiger partial charge < -0.3 is 0 Å². The van der Waals surface area contributed by atoms with Gasteiger partial charge in [0, 0.05) is 0 Å². The quantitative estimate of drug-likeness (QED) is 0.497. The van der Waals surface area contributed by atoms with Crippen LogP contribution in [-0.4, -0.2) is 0 Å². The minimum Gasteiger partial charge on any atom is -0.203 e. The van der Waals surface area contributed by atoms with Crippen molar-refractivity contribution in [3.05, 3.63) is 71.4 Å². The molecule has 0 N–H and O–H groups in total. The second-order valence-corrected chi connectivity index (χ2v) is 5.26. The lowest BCUT2D eigenvalue weighted by Crippen LogP contribution is -1.93. The lowest BCUT2D eigenvalue weighted by molar-refractivity contribution is 0.546. The molecule has 0 aromatic heterocycles. The first-order valence-corrected chi connectivity index (χ1v) is 7.48. The van der Waals surface area contributed by atoms with Gasteiger partial charge in [-0.1, -0.05) is 57.7 Å². The average Bonchev–Trinajstić information content (AvgIpc) is 2.51. The van der Waals surface area contributed by atoms with Gasteiger partial charge in [0.05, 0.1) is 0 Å². The van der Waals surface area contributed by atoms with Crippen LogP contribution < -0.4 is 0 Å². The smallest absolute Gasteiger partial charge is 0.161 e. The lowest BCUT2D eigenvalue weighted by Gasteiger charge is -2.07. The SMILES string of the molecule is C=C(CC)/C(F)=C(/F)C(=C)CCc1ccc(CCC)cc1. The molecule has 1 aromatic rings. The predicted molar refractivity (Wildman–Crippen MR) is 86.6 cm³/mol. The van der Waals surface area contributed by atoms with Crippen LogP contribution in [-0.2, 0) is 12.8 Å². The maximum Gasteiger partial charge on any atom is 0.161 e. The molecule has 0 amide bonds. The van der Waals surface area contributed by atoms with Crippen molar-refractivity contribution in [2.75, 3.05) is 0 Å². The van der Waals surface area contributed by atoms with E-state index in [0.29, 0.717) is 19.3 Å². The fourth-order valence-corrected chi connectivity index (χ4v) is 2.03. The summed E-state index contributed by atoms with van der Waals surface area (Å²) in [5.74, 6) is -1.72. The summed E-state index contributed by atoms with van der Waals surface area (Å²) in [5.41, 5.74) is 2.78. The fraction of sp³-hybridized carbons (Fsp3) is 0.368. The molecule has 1 rings (SSSR count). The zero-order valence-electron chi connectivity index (χ0n) is 13.0. The lowest BCUT2D eigenvalue weighted by atomic mass is 10.0. The highest BCUT2D eigenvalue weighted by atomic mass is 19.2. The third kappa shape index (κ3) is 5.30. The largest absolute Gasteiger partial charge is 0.203 e. The van der Waals surface area contributed by atoms with Crippen molar-refractivity contribution in [2.45, 2.75) is 46.0 Å². The maximum atomic E-state index is 13.8. The molecule has 0 fully saturated rings. The van der Waals surface area contributed by atoms with E-state index in [9.17, 15) is 8.78 Å². The van der Waals surface area contributed by atoms with Crippen LogP contribution in [0.15, 0.2) is 60.2 Å². The molecular weight excluding hydrogens is 266 g/mol. The summed E-state index contributed by atoms with van der Waals surface area (Å²) >= 11 is 0. The van der Waals surface area contributed by atoms with Crippen LogP contribution >= 0.6 is 0 Å². The van der Waals surface area contributed by atoms with E-state index in [1.807, 2.05) is 12.1 Å². The van der Waals surface area contributed by atoms with Crippen LogP contribution in [0.2, 0.25) is 0 Å². The van der Waals surface area contributed by atoms with Gasteiger partial charge in [-0.3, -0.25) is 0 Å². The Balaban J connectivity index is 2.62. The Morgan fingerprint density at radius 3 is 1.81 bits per heavy atom. The van der Waals surface area contributed by atoms with Gasteiger partial charge in [-0.15, -0.1) is 0 Å².